The van der Waals surface area contributed by atoms with Crippen LogP contribution < -0.4 is 11.1 Å². The monoisotopic (exact) mass is 412 g/mol. The molecule has 0 atom stereocenters. The first-order valence-electron chi connectivity index (χ1n) is 6.27. The summed E-state index contributed by atoms with van der Waals surface area (Å²) in [6.07, 6.45) is 2.68. The Morgan fingerprint density at radius 2 is 2.05 bits per heavy atom. The van der Waals surface area contributed by atoms with Gasteiger partial charge in [-0.1, -0.05) is 0 Å². The molecule has 0 unspecified atom stereocenters. The average Bonchev–Trinajstić information content (AvgIpc) is 2.48. The number of rotatable bonds is 4. The minimum Gasteiger partial charge on any atom is -0.451 e. The Balaban J connectivity index is 1.93. The van der Waals surface area contributed by atoms with Gasteiger partial charge in [-0.3, -0.25) is 4.79 Å². The van der Waals surface area contributed by atoms with Gasteiger partial charge in [0.25, 0.3) is 5.91 Å². The van der Waals surface area contributed by atoms with E-state index in [1.54, 1.807) is 6.07 Å². The second-order valence-corrected chi connectivity index (χ2v) is 5.62. The fourth-order valence-electron chi connectivity index (χ4n) is 1.66. The van der Waals surface area contributed by atoms with Gasteiger partial charge in [-0.25, -0.2) is 14.8 Å². The van der Waals surface area contributed by atoms with Gasteiger partial charge in [-0.15, -0.1) is 0 Å². The number of hydrogen-bond acceptors (Lipinski definition) is 6. The third-order valence-electron chi connectivity index (χ3n) is 2.72. The van der Waals surface area contributed by atoms with Crippen molar-refractivity contribution in [2.45, 2.75) is 6.92 Å². The highest BCUT2D eigenvalue weighted by atomic mass is 127. The van der Waals surface area contributed by atoms with Gasteiger partial charge in [0.15, 0.2) is 18.1 Å². The maximum Gasteiger partial charge on any atom is 0.361 e. The third-order valence-corrected chi connectivity index (χ3v) is 3.39. The van der Waals surface area contributed by atoms with Crippen LogP contribution in [0, 0.1) is 10.5 Å². The van der Waals surface area contributed by atoms with Gasteiger partial charge in [0.05, 0.1) is 0 Å². The van der Waals surface area contributed by atoms with Crippen LogP contribution in [0.5, 0.6) is 0 Å². The number of ether oxygens (including phenoxy) is 1. The number of halogens is 1. The number of benzene rings is 1. The molecule has 8 heteroatoms. The lowest BCUT2D eigenvalue weighted by Crippen LogP contribution is -2.22. The van der Waals surface area contributed by atoms with Gasteiger partial charge >= 0.3 is 5.97 Å². The third kappa shape index (κ3) is 4.13. The fourth-order valence-corrected chi connectivity index (χ4v) is 2.31. The van der Waals surface area contributed by atoms with Crippen LogP contribution in [0.1, 0.15) is 16.1 Å². The normalized spacial score (nSPS) is 10.1. The smallest absolute Gasteiger partial charge is 0.361 e. The number of aryl methyl sites for hydroxylation is 1. The van der Waals surface area contributed by atoms with Crippen LogP contribution in [-0.4, -0.2) is 28.5 Å². The summed E-state index contributed by atoms with van der Waals surface area (Å²) >= 11 is 2.18. The molecular formula is C14H13IN4O3. The molecule has 1 aromatic carbocycles. The second kappa shape index (κ2) is 7.16. The van der Waals surface area contributed by atoms with Crippen molar-refractivity contribution in [3.63, 3.8) is 0 Å². The molecule has 22 heavy (non-hydrogen) atoms. The molecule has 0 aliphatic heterocycles. The summed E-state index contributed by atoms with van der Waals surface area (Å²) in [6, 6.07) is 5.59. The molecule has 0 saturated carbocycles. The van der Waals surface area contributed by atoms with Crippen LogP contribution in [0.25, 0.3) is 0 Å². The topological polar surface area (TPSA) is 107 Å². The fraction of sp³-hybridized carbons (Fsp3) is 0.143. The van der Waals surface area contributed by atoms with E-state index in [4.69, 9.17) is 10.5 Å². The number of carbonyl (C=O) groups excluding carboxylic acids is 2. The molecule has 1 heterocycles. The maximum atomic E-state index is 11.8. The SMILES string of the molecule is Cc1cc(I)ccc1NC(=O)COC(=O)c1nccnc1N. The summed E-state index contributed by atoms with van der Waals surface area (Å²) in [6.45, 7) is 1.45. The van der Waals surface area contributed by atoms with Crippen LogP contribution in [0.3, 0.4) is 0 Å². The molecule has 0 radical (unpaired) electrons. The highest BCUT2D eigenvalue weighted by Gasteiger charge is 2.15. The van der Waals surface area contributed by atoms with Crippen LogP contribution in [-0.2, 0) is 9.53 Å². The molecule has 0 aliphatic rings. The van der Waals surface area contributed by atoms with Crippen LogP contribution >= 0.6 is 22.6 Å². The number of nitrogens with zero attached hydrogens (tertiary/aromatic N) is 2. The van der Waals surface area contributed by atoms with E-state index < -0.39 is 18.5 Å². The number of esters is 1. The number of carbonyl (C=O) groups is 2. The molecule has 114 valence electrons. The minimum atomic E-state index is -0.792. The maximum absolute atomic E-state index is 11.8. The Kier molecular flexibility index (Phi) is 5.26. The molecule has 0 fully saturated rings. The summed E-state index contributed by atoms with van der Waals surface area (Å²) < 4.78 is 5.94. The van der Waals surface area contributed by atoms with Gasteiger partial charge in [0.1, 0.15) is 0 Å². The van der Waals surface area contributed by atoms with E-state index in [0.29, 0.717) is 5.69 Å². The lowest BCUT2D eigenvalue weighted by atomic mass is 10.2. The molecule has 1 amide bonds. The molecule has 1 aromatic heterocycles. The molecule has 7 nitrogen and oxygen atoms in total. The Labute approximate surface area is 140 Å². The van der Waals surface area contributed by atoms with Crippen LogP contribution in [0.15, 0.2) is 30.6 Å². The number of aromatic nitrogens is 2. The average molecular weight is 412 g/mol. The van der Waals surface area contributed by atoms with E-state index >= 15 is 0 Å². The standard InChI is InChI=1S/C14H13IN4O3/c1-8-6-9(15)2-3-10(8)19-11(20)7-22-14(21)12-13(16)18-5-4-17-12/h2-6H,7H2,1H3,(H2,16,18)(H,19,20). The molecule has 2 rings (SSSR count). The van der Waals surface area contributed by atoms with Crippen LogP contribution in [0.4, 0.5) is 11.5 Å². The largest absolute Gasteiger partial charge is 0.451 e. The van der Waals surface area contributed by atoms with E-state index in [2.05, 4.69) is 37.9 Å². The predicted octanol–water partition coefficient (Wildman–Crippen LogP) is 1.77. The van der Waals surface area contributed by atoms with Gasteiger partial charge in [-0.05, 0) is 53.3 Å². The van der Waals surface area contributed by atoms with E-state index in [1.807, 2.05) is 19.1 Å². The van der Waals surface area contributed by atoms with E-state index in [1.165, 1.54) is 12.4 Å². The van der Waals surface area contributed by atoms with Gasteiger partial charge in [0, 0.05) is 21.7 Å². The number of hydrogen-bond donors (Lipinski definition) is 2. The Bertz CT molecular complexity index is 721. The Hall–Kier alpha value is -2.23. The van der Waals surface area contributed by atoms with Crippen molar-refractivity contribution in [3.8, 4) is 0 Å². The summed E-state index contributed by atoms with van der Waals surface area (Å²) in [7, 11) is 0. The number of nitrogen functional groups attached to an aromatic ring is 1. The number of anilines is 2. The molecule has 0 spiro atoms. The first-order valence-corrected chi connectivity index (χ1v) is 7.35. The summed E-state index contributed by atoms with van der Waals surface area (Å²) in [5.41, 5.74) is 6.99. The van der Waals surface area contributed by atoms with Gasteiger partial charge in [0.2, 0.25) is 0 Å². The van der Waals surface area contributed by atoms with Crippen molar-refractivity contribution in [1.82, 2.24) is 9.97 Å². The molecular weight excluding hydrogens is 399 g/mol. The molecule has 0 bridgehead atoms. The van der Waals surface area contributed by atoms with Gasteiger partial charge in [-0.2, -0.15) is 0 Å². The van der Waals surface area contributed by atoms with Crippen molar-refractivity contribution in [3.05, 3.63) is 45.4 Å². The van der Waals surface area contributed by atoms with Crippen molar-refractivity contribution in [2.75, 3.05) is 17.7 Å². The predicted molar refractivity (Wildman–Crippen MR) is 89.3 cm³/mol. The van der Waals surface area contributed by atoms with Crippen molar-refractivity contribution in [2.24, 2.45) is 0 Å². The molecule has 0 aliphatic carbocycles. The number of nitrogens with two attached hydrogens (primary N) is 1. The first-order chi connectivity index (χ1) is 10.5. The summed E-state index contributed by atoms with van der Waals surface area (Å²) in [5, 5.41) is 2.67. The van der Waals surface area contributed by atoms with Crippen molar-refractivity contribution >= 4 is 46.0 Å². The summed E-state index contributed by atoms with van der Waals surface area (Å²) in [5.74, 6) is -1.28. The Morgan fingerprint density at radius 3 is 2.73 bits per heavy atom. The zero-order valence-corrected chi connectivity index (χ0v) is 13.8. The number of amides is 1. The van der Waals surface area contributed by atoms with Crippen molar-refractivity contribution in [1.29, 1.82) is 0 Å². The summed E-state index contributed by atoms with van der Waals surface area (Å²) in [4.78, 5) is 31.1. The second-order valence-electron chi connectivity index (χ2n) is 4.37. The molecule has 0 saturated heterocycles. The highest BCUT2D eigenvalue weighted by Crippen LogP contribution is 2.17. The van der Waals surface area contributed by atoms with Gasteiger partial charge < -0.3 is 15.8 Å². The first kappa shape index (κ1) is 16.1. The molecule has 2 aromatic rings. The zero-order valence-electron chi connectivity index (χ0n) is 11.7. The number of nitrogens with one attached hydrogen (secondary N) is 1. The zero-order chi connectivity index (χ0) is 16.1. The van der Waals surface area contributed by atoms with E-state index in [0.717, 1.165) is 9.13 Å². The lowest BCUT2D eigenvalue weighted by Gasteiger charge is -2.09. The van der Waals surface area contributed by atoms with Crippen LogP contribution in [0.2, 0.25) is 0 Å². The minimum absolute atomic E-state index is 0.0404. The lowest BCUT2D eigenvalue weighted by molar-refractivity contribution is -0.119. The van der Waals surface area contributed by atoms with Crippen molar-refractivity contribution < 1.29 is 14.3 Å². The quantitative estimate of drug-likeness (QED) is 0.586. The Morgan fingerprint density at radius 1 is 1.32 bits per heavy atom. The highest BCUT2D eigenvalue weighted by molar-refractivity contribution is 14.1. The van der Waals surface area contributed by atoms with E-state index in [-0.39, 0.29) is 11.5 Å². The molecule has 3 N–H and O–H groups in total. The van der Waals surface area contributed by atoms with E-state index in [9.17, 15) is 9.59 Å².